The van der Waals surface area contributed by atoms with Crippen LogP contribution in [0.5, 0.6) is 5.75 Å². The van der Waals surface area contributed by atoms with Gasteiger partial charge in [0.25, 0.3) is 0 Å². The second-order valence-electron chi connectivity index (χ2n) is 5.49. The summed E-state index contributed by atoms with van der Waals surface area (Å²) in [4.78, 5) is 2.39. The summed E-state index contributed by atoms with van der Waals surface area (Å²) in [6, 6.07) is 8.73. The van der Waals surface area contributed by atoms with E-state index in [2.05, 4.69) is 24.1 Å². The van der Waals surface area contributed by atoms with Crippen molar-refractivity contribution in [3.05, 3.63) is 29.8 Å². The standard InChI is InChI=1S/C15H24N2O/c1-17(11-13-6-7-14(16)8-13)10-12-4-3-5-15(9-12)18-2/h3-5,9,13-14H,6-8,10-11,16H2,1-2H3. The fourth-order valence-electron chi connectivity index (χ4n) is 2.87. The first-order valence-electron chi connectivity index (χ1n) is 6.74. The Morgan fingerprint density at radius 1 is 1.39 bits per heavy atom. The monoisotopic (exact) mass is 248 g/mol. The maximum absolute atomic E-state index is 5.96. The summed E-state index contributed by atoms with van der Waals surface area (Å²) in [5.74, 6) is 1.71. The molecule has 1 aliphatic rings. The normalized spacial score (nSPS) is 23.6. The minimum atomic E-state index is 0.431. The summed E-state index contributed by atoms with van der Waals surface area (Å²) in [6.07, 6.45) is 3.66. The van der Waals surface area contributed by atoms with E-state index in [9.17, 15) is 0 Å². The maximum Gasteiger partial charge on any atom is 0.119 e. The first-order chi connectivity index (χ1) is 8.67. The zero-order chi connectivity index (χ0) is 13.0. The van der Waals surface area contributed by atoms with Gasteiger partial charge in [-0.2, -0.15) is 0 Å². The summed E-state index contributed by atoms with van der Waals surface area (Å²) < 4.78 is 5.25. The minimum absolute atomic E-state index is 0.431. The molecule has 18 heavy (non-hydrogen) atoms. The second-order valence-corrected chi connectivity index (χ2v) is 5.49. The van der Waals surface area contributed by atoms with Gasteiger partial charge >= 0.3 is 0 Å². The van der Waals surface area contributed by atoms with Crippen LogP contribution in [-0.2, 0) is 6.54 Å². The summed E-state index contributed by atoms with van der Waals surface area (Å²) in [5.41, 5.74) is 7.26. The van der Waals surface area contributed by atoms with Crippen molar-refractivity contribution in [1.29, 1.82) is 0 Å². The van der Waals surface area contributed by atoms with Crippen LogP contribution in [0.2, 0.25) is 0 Å². The third kappa shape index (κ3) is 3.72. The SMILES string of the molecule is COc1cccc(CN(C)CC2CCC(N)C2)c1. The Morgan fingerprint density at radius 2 is 2.22 bits per heavy atom. The molecule has 0 saturated heterocycles. The zero-order valence-electron chi connectivity index (χ0n) is 11.4. The van der Waals surface area contributed by atoms with Crippen molar-refractivity contribution < 1.29 is 4.74 Å². The van der Waals surface area contributed by atoms with Crippen LogP contribution in [-0.4, -0.2) is 31.6 Å². The lowest BCUT2D eigenvalue weighted by Gasteiger charge is -2.21. The summed E-state index contributed by atoms with van der Waals surface area (Å²) in [5, 5.41) is 0. The molecule has 0 heterocycles. The number of rotatable bonds is 5. The average Bonchev–Trinajstić information content (AvgIpc) is 2.74. The molecule has 3 nitrogen and oxygen atoms in total. The number of hydrogen-bond donors (Lipinski definition) is 1. The van der Waals surface area contributed by atoms with E-state index in [0.29, 0.717) is 6.04 Å². The van der Waals surface area contributed by atoms with Gasteiger partial charge in [-0.25, -0.2) is 0 Å². The van der Waals surface area contributed by atoms with E-state index in [4.69, 9.17) is 10.5 Å². The Bertz CT molecular complexity index is 381. The van der Waals surface area contributed by atoms with Crippen molar-refractivity contribution in [3.63, 3.8) is 0 Å². The maximum atomic E-state index is 5.96. The van der Waals surface area contributed by atoms with Gasteiger partial charge in [-0.3, -0.25) is 0 Å². The molecule has 100 valence electrons. The molecule has 1 aromatic carbocycles. The van der Waals surface area contributed by atoms with Crippen LogP contribution in [0.15, 0.2) is 24.3 Å². The van der Waals surface area contributed by atoms with Crippen molar-refractivity contribution in [1.82, 2.24) is 4.90 Å². The van der Waals surface area contributed by atoms with Crippen molar-refractivity contribution >= 4 is 0 Å². The van der Waals surface area contributed by atoms with Crippen molar-refractivity contribution in [3.8, 4) is 5.75 Å². The van der Waals surface area contributed by atoms with Crippen molar-refractivity contribution in [2.75, 3.05) is 20.7 Å². The van der Waals surface area contributed by atoms with Crippen molar-refractivity contribution in [2.24, 2.45) is 11.7 Å². The number of ether oxygens (including phenoxy) is 1. The molecule has 0 radical (unpaired) electrons. The van der Waals surface area contributed by atoms with E-state index in [1.54, 1.807) is 7.11 Å². The topological polar surface area (TPSA) is 38.5 Å². The number of methoxy groups -OCH3 is 1. The van der Waals surface area contributed by atoms with Crippen LogP contribution < -0.4 is 10.5 Å². The Hall–Kier alpha value is -1.06. The lowest BCUT2D eigenvalue weighted by molar-refractivity contribution is 0.269. The molecular formula is C15H24N2O. The predicted octanol–water partition coefficient (Wildman–Crippen LogP) is 2.25. The molecule has 2 atom stereocenters. The lowest BCUT2D eigenvalue weighted by atomic mass is 10.1. The fraction of sp³-hybridized carbons (Fsp3) is 0.600. The highest BCUT2D eigenvalue weighted by Gasteiger charge is 2.22. The average molecular weight is 248 g/mol. The Kier molecular flexibility index (Phi) is 4.61. The van der Waals surface area contributed by atoms with Gasteiger partial charge in [0.15, 0.2) is 0 Å². The first-order valence-corrected chi connectivity index (χ1v) is 6.74. The lowest BCUT2D eigenvalue weighted by Crippen LogP contribution is -2.25. The van der Waals surface area contributed by atoms with Gasteiger partial charge in [0.05, 0.1) is 7.11 Å². The van der Waals surface area contributed by atoms with E-state index >= 15 is 0 Å². The smallest absolute Gasteiger partial charge is 0.119 e. The van der Waals surface area contributed by atoms with E-state index in [0.717, 1.165) is 24.8 Å². The molecular weight excluding hydrogens is 224 g/mol. The molecule has 1 aromatic rings. The number of nitrogens with zero attached hydrogens (tertiary/aromatic N) is 1. The highest BCUT2D eigenvalue weighted by atomic mass is 16.5. The Balaban J connectivity index is 1.84. The molecule has 1 aliphatic carbocycles. The molecule has 3 heteroatoms. The van der Waals surface area contributed by atoms with Gasteiger partial charge in [-0.1, -0.05) is 12.1 Å². The van der Waals surface area contributed by atoms with Gasteiger partial charge < -0.3 is 15.4 Å². The summed E-state index contributed by atoms with van der Waals surface area (Å²) >= 11 is 0. The van der Waals surface area contributed by atoms with Crippen LogP contribution in [0, 0.1) is 5.92 Å². The van der Waals surface area contributed by atoms with Gasteiger partial charge in [0, 0.05) is 19.1 Å². The van der Waals surface area contributed by atoms with Crippen LogP contribution in [0.3, 0.4) is 0 Å². The van der Waals surface area contributed by atoms with Crippen LogP contribution in [0.25, 0.3) is 0 Å². The molecule has 0 aliphatic heterocycles. The first kappa shape index (κ1) is 13.4. The summed E-state index contributed by atoms with van der Waals surface area (Å²) in [7, 11) is 3.89. The van der Waals surface area contributed by atoms with Gasteiger partial charge in [-0.05, 0) is 49.9 Å². The predicted molar refractivity (Wildman–Crippen MR) is 74.6 cm³/mol. The molecule has 2 rings (SSSR count). The largest absolute Gasteiger partial charge is 0.497 e. The Labute approximate surface area is 110 Å². The van der Waals surface area contributed by atoms with Crippen LogP contribution >= 0.6 is 0 Å². The van der Waals surface area contributed by atoms with Gasteiger partial charge in [0.1, 0.15) is 5.75 Å². The van der Waals surface area contributed by atoms with Crippen LogP contribution in [0.1, 0.15) is 24.8 Å². The second kappa shape index (κ2) is 6.21. The quantitative estimate of drug-likeness (QED) is 0.868. The Morgan fingerprint density at radius 3 is 2.89 bits per heavy atom. The minimum Gasteiger partial charge on any atom is -0.497 e. The third-order valence-corrected chi connectivity index (χ3v) is 3.74. The van der Waals surface area contributed by atoms with E-state index in [-0.39, 0.29) is 0 Å². The molecule has 0 aromatic heterocycles. The molecule has 2 unspecified atom stereocenters. The van der Waals surface area contributed by atoms with Crippen LogP contribution in [0.4, 0.5) is 0 Å². The molecule has 0 spiro atoms. The van der Waals surface area contributed by atoms with E-state index in [1.165, 1.54) is 24.8 Å². The number of nitrogens with two attached hydrogens (primary N) is 1. The molecule has 0 amide bonds. The molecule has 2 N–H and O–H groups in total. The fourth-order valence-corrected chi connectivity index (χ4v) is 2.87. The zero-order valence-corrected chi connectivity index (χ0v) is 11.4. The number of hydrogen-bond acceptors (Lipinski definition) is 3. The van der Waals surface area contributed by atoms with Gasteiger partial charge in [0.2, 0.25) is 0 Å². The van der Waals surface area contributed by atoms with E-state index in [1.807, 2.05) is 12.1 Å². The van der Waals surface area contributed by atoms with E-state index < -0.39 is 0 Å². The summed E-state index contributed by atoms with van der Waals surface area (Å²) in [6.45, 7) is 2.12. The molecule has 0 bridgehead atoms. The molecule has 1 saturated carbocycles. The number of benzene rings is 1. The highest BCUT2D eigenvalue weighted by molar-refractivity contribution is 5.28. The third-order valence-electron chi connectivity index (χ3n) is 3.74. The van der Waals surface area contributed by atoms with Crippen molar-refractivity contribution in [2.45, 2.75) is 31.8 Å². The van der Waals surface area contributed by atoms with Gasteiger partial charge in [-0.15, -0.1) is 0 Å². The molecule has 1 fully saturated rings. The highest BCUT2D eigenvalue weighted by Crippen LogP contribution is 2.25.